The van der Waals surface area contributed by atoms with Gasteiger partial charge in [-0.15, -0.1) is 11.6 Å². The number of rotatable bonds is 3. The average molecular weight is 219 g/mol. The monoisotopic (exact) mass is 218 g/mol. The topological polar surface area (TPSA) is 26.3 Å². The Morgan fingerprint density at radius 2 is 2.23 bits per heavy atom. The molecule has 0 radical (unpaired) electrons. The summed E-state index contributed by atoms with van der Waals surface area (Å²) < 4.78 is 4.99. The van der Waals surface area contributed by atoms with Gasteiger partial charge in [-0.05, 0) is 12.1 Å². The second kappa shape index (κ2) is 4.49. The molecule has 0 bridgehead atoms. The summed E-state index contributed by atoms with van der Waals surface area (Å²) in [7, 11) is 1.46. The molecule has 0 aliphatic heterocycles. The molecule has 1 aromatic carbocycles. The lowest BCUT2D eigenvalue weighted by molar-refractivity contribution is 0.101. The van der Waals surface area contributed by atoms with Crippen LogP contribution in [0.1, 0.15) is 10.4 Å². The van der Waals surface area contributed by atoms with Gasteiger partial charge in [-0.3, -0.25) is 4.79 Å². The quantitative estimate of drug-likeness (QED) is 0.577. The van der Waals surface area contributed by atoms with Crippen LogP contribution in [0.5, 0.6) is 5.75 Å². The van der Waals surface area contributed by atoms with Gasteiger partial charge in [0, 0.05) is 0 Å². The zero-order chi connectivity index (χ0) is 9.84. The number of methoxy groups -OCH3 is 1. The Morgan fingerprint density at radius 1 is 1.54 bits per heavy atom. The van der Waals surface area contributed by atoms with Gasteiger partial charge in [0.05, 0.1) is 23.6 Å². The number of halogens is 2. The Bertz CT molecular complexity index is 323. The normalized spacial score (nSPS) is 9.77. The van der Waals surface area contributed by atoms with Gasteiger partial charge in [0.15, 0.2) is 5.78 Å². The van der Waals surface area contributed by atoms with Crippen molar-refractivity contribution in [3.8, 4) is 5.75 Å². The number of benzene rings is 1. The van der Waals surface area contributed by atoms with E-state index in [2.05, 4.69) is 0 Å². The Hall–Kier alpha value is -0.730. The number of ketones is 1. The lowest BCUT2D eigenvalue weighted by atomic mass is 10.1. The molecule has 1 rings (SSSR count). The molecule has 70 valence electrons. The van der Waals surface area contributed by atoms with Crippen LogP contribution in [-0.4, -0.2) is 18.8 Å². The van der Waals surface area contributed by atoms with Gasteiger partial charge in [0.25, 0.3) is 0 Å². The maximum Gasteiger partial charge on any atom is 0.181 e. The summed E-state index contributed by atoms with van der Waals surface area (Å²) in [6.45, 7) is 0. The second-order valence-electron chi connectivity index (χ2n) is 2.38. The van der Waals surface area contributed by atoms with Crippen LogP contribution in [0.25, 0.3) is 0 Å². The molecule has 0 heterocycles. The van der Waals surface area contributed by atoms with Crippen molar-refractivity contribution in [2.45, 2.75) is 0 Å². The van der Waals surface area contributed by atoms with Gasteiger partial charge in [0.1, 0.15) is 5.75 Å². The van der Waals surface area contributed by atoms with E-state index in [0.717, 1.165) is 0 Å². The minimum absolute atomic E-state index is 0.0727. The fourth-order valence-electron chi connectivity index (χ4n) is 1.01. The Labute approximate surface area is 86.4 Å². The standard InChI is InChI=1S/C9H8Cl2O2/c1-13-9-6(8(12)5-10)3-2-4-7(9)11/h2-4H,5H2,1H3. The predicted octanol–water partition coefficient (Wildman–Crippen LogP) is 2.77. The molecule has 0 saturated heterocycles. The van der Waals surface area contributed by atoms with E-state index < -0.39 is 0 Å². The van der Waals surface area contributed by atoms with Gasteiger partial charge < -0.3 is 4.74 Å². The molecule has 0 atom stereocenters. The van der Waals surface area contributed by atoms with E-state index in [1.807, 2.05) is 0 Å². The van der Waals surface area contributed by atoms with Crippen molar-refractivity contribution in [2.24, 2.45) is 0 Å². The van der Waals surface area contributed by atoms with E-state index in [9.17, 15) is 4.79 Å². The number of hydrogen-bond acceptors (Lipinski definition) is 2. The number of carbonyl (C=O) groups excluding carboxylic acids is 1. The van der Waals surface area contributed by atoms with E-state index >= 15 is 0 Å². The van der Waals surface area contributed by atoms with E-state index in [4.69, 9.17) is 27.9 Å². The van der Waals surface area contributed by atoms with E-state index in [1.165, 1.54) is 7.11 Å². The van der Waals surface area contributed by atoms with Crippen molar-refractivity contribution in [3.63, 3.8) is 0 Å². The van der Waals surface area contributed by atoms with Gasteiger partial charge in [0.2, 0.25) is 0 Å². The number of Topliss-reactive ketones (excluding diaryl/α,β-unsaturated/α-hetero) is 1. The SMILES string of the molecule is COc1c(Cl)cccc1C(=O)CCl. The molecule has 0 fully saturated rings. The first-order chi connectivity index (χ1) is 6.20. The summed E-state index contributed by atoms with van der Waals surface area (Å²) in [6.07, 6.45) is 0. The minimum Gasteiger partial charge on any atom is -0.494 e. The van der Waals surface area contributed by atoms with Crippen LogP contribution in [0.4, 0.5) is 0 Å². The molecule has 0 aromatic heterocycles. The highest BCUT2D eigenvalue weighted by Gasteiger charge is 2.13. The third-order valence-corrected chi connectivity index (χ3v) is 2.13. The molecular formula is C9H8Cl2O2. The van der Waals surface area contributed by atoms with E-state index in [1.54, 1.807) is 18.2 Å². The minimum atomic E-state index is -0.194. The maximum atomic E-state index is 11.3. The van der Waals surface area contributed by atoms with Gasteiger partial charge >= 0.3 is 0 Å². The highest BCUT2D eigenvalue weighted by Crippen LogP contribution is 2.28. The fourth-order valence-corrected chi connectivity index (χ4v) is 1.40. The number of ether oxygens (including phenoxy) is 1. The van der Waals surface area contributed by atoms with Crippen LogP contribution in [0.3, 0.4) is 0 Å². The van der Waals surface area contributed by atoms with Crippen LogP contribution >= 0.6 is 23.2 Å². The third-order valence-electron chi connectivity index (χ3n) is 1.59. The van der Waals surface area contributed by atoms with E-state index in [0.29, 0.717) is 16.3 Å². The smallest absolute Gasteiger partial charge is 0.181 e. The zero-order valence-corrected chi connectivity index (χ0v) is 8.52. The fraction of sp³-hybridized carbons (Fsp3) is 0.222. The Balaban J connectivity index is 3.20. The first-order valence-corrected chi connectivity index (χ1v) is 4.53. The van der Waals surface area contributed by atoms with Crippen LogP contribution in [0.2, 0.25) is 5.02 Å². The zero-order valence-electron chi connectivity index (χ0n) is 7.01. The van der Waals surface area contributed by atoms with Crippen molar-refractivity contribution in [2.75, 3.05) is 13.0 Å². The summed E-state index contributed by atoms with van der Waals surface area (Å²) in [5.41, 5.74) is 0.421. The van der Waals surface area contributed by atoms with Crippen molar-refractivity contribution in [3.05, 3.63) is 28.8 Å². The molecule has 2 nitrogen and oxygen atoms in total. The molecule has 13 heavy (non-hydrogen) atoms. The van der Waals surface area contributed by atoms with Crippen LogP contribution in [0.15, 0.2) is 18.2 Å². The van der Waals surface area contributed by atoms with Crippen LogP contribution in [0, 0.1) is 0 Å². The summed E-state index contributed by atoms with van der Waals surface area (Å²) in [4.78, 5) is 11.3. The number of carbonyl (C=O) groups is 1. The molecule has 0 spiro atoms. The highest BCUT2D eigenvalue weighted by molar-refractivity contribution is 6.34. The van der Waals surface area contributed by atoms with Crippen molar-refractivity contribution in [1.82, 2.24) is 0 Å². The molecular weight excluding hydrogens is 211 g/mol. The molecule has 0 aliphatic carbocycles. The Morgan fingerprint density at radius 3 is 2.77 bits per heavy atom. The van der Waals surface area contributed by atoms with Crippen molar-refractivity contribution in [1.29, 1.82) is 0 Å². The molecule has 0 amide bonds. The molecule has 0 aliphatic rings. The second-order valence-corrected chi connectivity index (χ2v) is 3.05. The number of alkyl halides is 1. The lowest BCUT2D eigenvalue weighted by Crippen LogP contribution is -2.03. The van der Waals surface area contributed by atoms with Gasteiger partial charge in [-0.25, -0.2) is 0 Å². The Kier molecular flexibility index (Phi) is 3.58. The van der Waals surface area contributed by atoms with Crippen molar-refractivity contribution < 1.29 is 9.53 Å². The molecule has 0 N–H and O–H groups in total. The summed E-state index contributed by atoms with van der Waals surface area (Å²) in [6, 6.07) is 4.98. The average Bonchev–Trinajstić information content (AvgIpc) is 2.16. The van der Waals surface area contributed by atoms with Crippen molar-refractivity contribution >= 4 is 29.0 Å². The molecule has 1 aromatic rings. The molecule has 0 unspecified atom stereocenters. The lowest BCUT2D eigenvalue weighted by Gasteiger charge is -2.07. The summed E-state index contributed by atoms with van der Waals surface area (Å²) >= 11 is 11.2. The largest absolute Gasteiger partial charge is 0.494 e. The predicted molar refractivity (Wildman–Crippen MR) is 53.1 cm³/mol. The first kappa shape index (κ1) is 10.4. The first-order valence-electron chi connectivity index (χ1n) is 3.62. The third kappa shape index (κ3) is 2.14. The van der Waals surface area contributed by atoms with Gasteiger partial charge in [-0.2, -0.15) is 0 Å². The highest BCUT2D eigenvalue weighted by atomic mass is 35.5. The summed E-state index contributed by atoms with van der Waals surface area (Å²) in [5, 5.41) is 0.415. The molecule has 0 saturated carbocycles. The van der Waals surface area contributed by atoms with E-state index in [-0.39, 0.29) is 11.7 Å². The van der Waals surface area contributed by atoms with Gasteiger partial charge in [-0.1, -0.05) is 17.7 Å². The molecule has 4 heteroatoms. The van der Waals surface area contributed by atoms with Crippen LogP contribution in [-0.2, 0) is 0 Å². The van der Waals surface area contributed by atoms with Crippen LogP contribution < -0.4 is 4.74 Å². The number of para-hydroxylation sites is 1. The number of hydrogen-bond donors (Lipinski definition) is 0. The summed E-state index contributed by atoms with van der Waals surface area (Å²) in [5.74, 6) is 0.118. The maximum absolute atomic E-state index is 11.3.